The molecule has 3 aliphatic carbocycles. The van der Waals surface area contributed by atoms with Gasteiger partial charge in [0.15, 0.2) is 0 Å². The van der Waals surface area contributed by atoms with Crippen molar-refractivity contribution in [2.24, 2.45) is 5.73 Å². The van der Waals surface area contributed by atoms with Gasteiger partial charge in [-0.05, 0) is 101 Å². The minimum Gasteiger partial charge on any atom is -0.384 e. The summed E-state index contributed by atoms with van der Waals surface area (Å²) in [6, 6.07) is 17.1. The van der Waals surface area contributed by atoms with E-state index in [0.717, 1.165) is 33.7 Å². The third-order valence-electron chi connectivity index (χ3n) is 7.61. The molecule has 0 spiro atoms. The van der Waals surface area contributed by atoms with E-state index < -0.39 is 0 Å². The van der Waals surface area contributed by atoms with Crippen LogP contribution in [0.3, 0.4) is 0 Å². The van der Waals surface area contributed by atoms with E-state index in [4.69, 9.17) is 11.1 Å². The van der Waals surface area contributed by atoms with E-state index in [1.54, 1.807) is 0 Å². The number of amides is 1. The zero-order chi connectivity index (χ0) is 22.1. The Morgan fingerprint density at radius 2 is 1.53 bits per heavy atom. The SMILES string of the molecule is Cc1cc(C(=N)N)cc(C)c1CNC(=O)c1ccc2c(c1)C1c3cc(C4CC4)ccc3[C@@H]21. The van der Waals surface area contributed by atoms with E-state index in [0.29, 0.717) is 18.4 Å². The Kier molecular flexibility index (Phi) is 4.10. The maximum absolute atomic E-state index is 12.9. The molecule has 160 valence electrons. The predicted octanol–water partition coefficient (Wildman–Crippen LogP) is 4.99. The number of fused-ring (bicyclic) bond motifs is 7. The third-order valence-corrected chi connectivity index (χ3v) is 7.61. The summed E-state index contributed by atoms with van der Waals surface area (Å²) in [5.74, 6) is 1.78. The minimum atomic E-state index is -0.0445. The molecule has 0 aromatic heterocycles. The Morgan fingerprint density at radius 3 is 2.19 bits per heavy atom. The van der Waals surface area contributed by atoms with Crippen LogP contribution in [0.2, 0.25) is 0 Å². The molecule has 0 aliphatic heterocycles. The highest BCUT2D eigenvalue weighted by Gasteiger charge is 2.49. The molecule has 3 aliphatic rings. The molecule has 4 N–H and O–H groups in total. The first-order chi connectivity index (χ1) is 15.4. The van der Waals surface area contributed by atoms with Crippen molar-refractivity contribution in [3.8, 4) is 0 Å². The molecule has 0 radical (unpaired) electrons. The van der Waals surface area contributed by atoms with Gasteiger partial charge in [-0.25, -0.2) is 0 Å². The monoisotopic (exact) mass is 421 g/mol. The number of nitrogens with two attached hydrogens (primary N) is 1. The number of rotatable bonds is 5. The molecule has 3 aromatic carbocycles. The Morgan fingerprint density at radius 1 is 0.906 bits per heavy atom. The summed E-state index contributed by atoms with van der Waals surface area (Å²) in [4.78, 5) is 12.9. The zero-order valence-electron chi connectivity index (χ0n) is 18.5. The van der Waals surface area contributed by atoms with Gasteiger partial charge in [0.25, 0.3) is 5.91 Å². The smallest absolute Gasteiger partial charge is 0.251 e. The standard InChI is InChI=1S/C28H27N3O/c1-14-9-19(27(29)30)10-15(2)24(14)13-31-28(32)18-6-8-21-23(12-18)26-22-11-17(16-3-4-16)5-7-20(22)25(21)26/h5-12,16,25-26H,3-4,13H2,1-2H3,(H3,29,30)(H,31,32)/t25-,26?/m0/s1. The first-order valence-electron chi connectivity index (χ1n) is 11.4. The van der Waals surface area contributed by atoms with Crippen LogP contribution in [0.5, 0.6) is 0 Å². The van der Waals surface area contributed by atoms with Gasteiger partial charge in [0, 0.05) is 29.5 Å². The van der Waals surface area contributed by atoms with Crippen LogP contribution in [0, 0.1) is 19.3 Å². The van der Waals surface area contributed by atoms with E-state index in [1.807, 2.05) is 32.0 Å². The normalized spacial score (nSPS) is 19.7. The third kappa shape index (κ3) is 2.82. The Labute approximate surface area is 188 Å². The average Bonchev–Trinajstić information content (AvgIpc) is 3.58. The first-order valence-corrected chi connectivity index (χ1v) is 11.4. The van der Waals surface area contributed by atoms with Crippen LogP contribution in [0.4, 0.5) is 0 Å². The molecule has 32 heavy (non-hydrogen) atoms. The average molecular weight is 422 g/mol. The van der Waals surface area contributed by atoms with Crippen LogP contribution in [-0.4, -0.2) is 11.7 Å². The summed E-state index contributed by atoms with van der Waals surface area (Å²) >= 11 is 0. The Bertz CT molecular complexity index is 1300. The van der Waals surface area contributed by atoms with Gasteiger partial charge in [-0.15, -0.1) is 0 Å². The van der Waals surface area contributed by atoms with E-state index in [2.05, 4.69) is 35.6 Å². The van der Waals surface area contributed by atoms with Crippen molar-refractivity contribution in [2.45, 2.75) is 51.0 Å². The second kappa shape index (κ2) is 6.80. The van der Waals surface area contributed by atoms with Crippen LogP contribution in [0.15, 0.2) is 48.5 Å². The molecule has 1 fully saturated rings. The fourth-order valence-corrected chi connectivity index (χ4v) is 5.64. The second-order valence-corrected chi connectivity index (χ2v) is 9.65. The van der Waals surface area contributed by atoms with Gasteiger partial charge in [-0.1, -0.05) is 24.3 Å². The molecule has 0 bridgehead atoms. The number of carbonyl (C=O) groups excluding carboxylic acids is 1. The lowest BCUT2D eigenvalue weighted by Crippen LogP contribution is -2.36. The molecule has 4 nitrogen and oxygen atoms in total. The summed E-state index contributed by atoms with van der Waals surface area (Å²) in [5, 5.41) is 10.7. The summed E-state index contributed by atoms with van der Waals surface area (Å²) < 4.78 is 0. The van der Waals surface area contributed by atoms with E-state index in [1.165, 1.54) is 40.7 Å². The van der Waals surface area contributed by atoms with Crippen LogP contribution in [-0.2, 0) is 6.54 Å². The summed E-state index contributed by atoms with van der Waals surface area (Å²) in [7, 11) is 0. The molecular weight excluding hydrogens is 394 g/mol. The molecule has 1 unspecified atom stereocenters. The Balaban J connectivity index is 1.20. The molecule has 3 aromatic rings. The molecule has 6 rings (SSSR count). The van der Waals surface area contributed by atoms with E-state index in [9.17, 15) is 4.79 Å². The van der Waals surface area contributed by atoms with Gasteiger partial charge in [-0.3, -0.25) is 10.2 Å². The number of nitrogens with one attached hydrogen (secondary N) is 2. The minimum absolute atomic E-state index is 0.0445. The van der Waals surface area contributed by atoms with Crippen molar-refractivity contribution in [1.82, 2.24) is 5.32 Å². The topological polar surface area (TPSA) is 79.0 Å². The summed E-state index contributed by atoms with van der Waals surface area (Å²) in [5.41, 5.74) is 17.4. The maximum atomic E-state index is 12.9. The number of amidine groups is 1. The van der Waals surface area contributed by atoms with E-state index >= 15 is 0 Å². The number of aryl methyl sites for hydroxylation is 2. The van der Waals surface area contributed by atoms with Crippen molar-refractivity contribution in [3.05, 3.63) is 104 Å². The fourth-order valence-electron chi connectivity index (χ4n) is 5.64. The van der Waals surface area contributed by atoms with E-state index in [-0.39, 0.29) is 11.7 Å². The number of carbonyl (C=O) groups is 1. The molecule has 4 heteroatoms. The lowest BCUT2D eigenvalue weighted by Gasteiger charge is -2.50. The van der Waals surface area contributed by atoms with Crippen LogP contribution >= 0.6 is 0 Å². The first kappa shape index (κ1) is 19.3. The largest absolute Gasteiger partial charge is 0.384 e. The second-order valence-electron chi connectivity index (χ2n) is 9.65. The molecule has 2 atom stereocenters. The van der Waals surface area contributed by atoms with Crippen LogP contribution in [0.1, 0.15) is 91.0 Å². The van der Waals surface area contributed by atoms with Crippen LogP contribution in [0.25, 0.3) is 0 Å². The fraction of sp³-hybridized carbons (Fsp3) is 0.286. The van der Waals surface area contributed by atoms with Crippen molar-refractivity contribution in [2.75, 3.05) is 0 Å². The van der Waals surface area contributed by atoms with Crippen LogP contribution < -0.4 is 11.1 Å². The molecule has 1 saturated carbocycles. The van der Waals surface area contributed by atoms with Gasteiger partial charge < -0.3 is 11.1 Å². The molecule has 0 heterocycles. The van der Waals surface area contributed by atoms with Gasteiger partial charge in [0.2, 0.25) is 0 Å². The maximum Gasteiger partial charge on any atom is 0.251 e. The summed E-state index contributed by atoms with van der Waals surface area (Å²) in [6.45, 7) is 4.46. The number of benzene rings is 3. The van der Waals surface area contributed by atoms with Crippen molar-refractivity contribution < 1.29 is 4.79 Å². The van der Waals surface area contributed by atoms with Gasteiger partial charge >= 0.3 is 0 Å². The van der Waals surface area contributed by atoms with Gasteiger partial charge in [0.1, 0.15) is 5.84 Å². The van der Waals surface area contributed by atoms with Gasteiger partial charge in [-0.2, -0.15) is 0 Å². The zero-order valence-corrected chi connectivity index (χ0v) is 18.5. The summed E-state index contributed by atoms with van der Waals surface area (Å²) in [6.07, 6.45) is 2.65. The highest BCUT2D eigenvalue weighted by molar-refractivity contribution is 5.96. The highest BCUT2D eigenvalue weighted by Crippen LogP contribution is 2.63. The number of nitrogen functional groups attached to an aromatic ring is 1. The van der Waals surface area contributed by atoms with Crippen molar-refractivity contribution in [3.63, 3.8) is 0 Å². The number of hydrogen-bond acceptors (Lipinski definition) is 2. The lowest BCUT2D eigenvalue weighted by molar-refractivity contribution is 0.0950. The van der Waals surface area contributed by atoms with Crippen molar-refractivity contribution >= 4 is 11.7 Å². The molecular formula is C28H27N3O. The lowest BCUT2D eigenvalue weighted by atomic mass is 9.52. The number of hydrogen-bond donors (Lipinski definition) is 3. The predicted molar refractivity (Wildman–Crippen MR) is 127 cm³/mol. The Hall–Kier alpha value is -3.40. The van der Waals surface area contributed by atoms with Crippen molar-refractivity contribution in [1.29, 1.82) is 5.41 Å². The molecule has 1 amide bonds. The van der Waals surface area contributed by atoms with Gasteiger partial charge in [0.05, 0.1) is 0 Å². The molecule has 0 saturated heterocycles. The quantitative estimate of drug-likeness (QED) is 0.401. The highest BCUT2D eigenvalue weighted by atomic mass is 16.1.